The molecule has 1 unspecified atom stereocenters. The molecular weight excluding hydrogens is 719 g/mol. The Kier molecular flexibility index (Phi) is 30.8. The van der Waals surface area contributed by atoms with Crippen molar-refractivity contribution in [2.24, 2.45) is 17.8 Å². The molecule has 10 heteroatoms. The Bertz CT molecular complexity index is 687. The summed E-state index contributed by atoms with van der Waals surface area (Å²) in [4.78, 5) is 38.2. The molecule has 0 bridgehead atoms. The van der Waals surface area contributed by atoms with Crippen LogP contribution in [0.5, 0.6) is 0 Å². The Morgan fingerprint density at radius 3 is 1.34 bits per heavy atom. The van der Waals surface area contributed by atoms with Gasteiger partial charge in [0.2, 0.25) is 0 Å². The van der Waals surface area contributed by atoms with Crippen LogP contribution in [0.2, 0.25) is 0 Å². The van der Waals surface area contributed by atoms with Gasteiger partial charge in [-0.2, -0.15) is 0 Å². The summed E-state index contributed by atoms with van der Waals surface area (Å²) >= 11 is -2.54. The van der Waals surface area contributed by atoms with Crippen molar-refractivity contribution in [1.82, 2.24) is 0 Å². The van der Waals surface area contributed by atoms with Gasteiger partial charge in [0.25, 0.3) is 0 Å². The number of carbonyl (C=O) groups is 3. The second-order valence-corrected chi connectivity index (χ2v) is 36.7. The van der Waals surface area contributed by atoms with E-state index in [2.05, 4.69) is 48.5 Å². The summed E-state index contributed by atoms with van der Waals surface area (Å²) in [6.45, 7) is 16.9. The van der Waals surface area contributed by atoms with Gasteiger partial charge in [0.15, 0.2) is 0 Å². The standard InChI is InChI=1S/C14H28O2S.2C10H20O2S.Sn/c1-4-5-10-13(17)14(15)16-11-8-6-7-9-12(2)3;2*1-9(2)6-4-3-5-7-12-10(11)8-13;/h12-13,17H,4-11H2,1-3H3;2*9,13H,3-8H2,1-2H3;/q;;;+3/p-3. The summed E-state index contributed by atoms with van der Waals surface area (Å²) in [5, 5.41) is -0.242. The van der Waals surface area contributed by atoms with Crippen molar-refractivity contribution in [2.45, 2.75) is 150 Å². The molecule has 44 heavy (non-hydrogen) atoms. The number of rotatable bonds is 30. The van der Waals surface area contributed by atoms with E-state index < -0.39 is 15.6 Å². The van der Waals surface area contributed by atoms with Gasteiger partial charge >= 0.3 is 288 Å². The molecule has 0 heterocycles. The Hall–Kier alpha value is 0.259. The number of hydrogen-bond donors (Lipinski definition) is 0. The SMILES string of the molecule is CCCCC([S][Sn]([S]CC(=O)OCCCCCC(C)C)[S]CC(=O)OCCCCCC(C)C)C(=O)OCCCCCC(C)C. The van der Waals surface area contributed by atoms with E-state index in [0.29, 0.717) is 37.6 Å². The van der Waals surface area contributed by atoms with Gasteiger partial charge in [-0.3, -0.25) is 0 Å². The zero-order chi connectivity index (χ0) is 33.0. The van der Waals surface area contributed by atoms with E-state index in [1.54, 1.807) is 26.8 Å². The quantitative estimate of drug-likeness (QED) is 0.0306. The van der Waals surface area contributed by atoms with E-state index in [-0.39, 0.29) is 34.7 Å². The zero-order valence-electron chi connectivity index (χ0n) is 29.1. The minimum absolute atomic E-state index is 0.139. The molecule has 0 aliphatic heterocycles. The van der Waals surface area contributed by atoms with Gasteiger partial charge in [-0.1, -0.05) is 0 Å². The molecule has 0 N–H and O–H groups in total. The Morgan fingerprint density at radius 2 is 0.955 bits per heavy atom. The van der Waals surface area contributed by atoms with Crippen molar-refractivity contribution in [3.63, 3.8) is 0 Å². The first kappa shape index (κ1) is 44.3. The van der Waals surface area contributed by atoms with Gasteiger partial charge < -0.3 is 0 Å². The molecule has 0 aromatic heterocycles. The predicted molar refractivity (Wildman–Crippen MR) is 194 cm³/mol. The van der Waals surface area contributed by atoms with Crippen LogP contribution in [0, 0.1) is 17.8 Å². The third kappa shape index (κ3) is 29.6. The van der Waals surface area contributed by atoms with Crippen molar-refractivity contribution >= 4 is 60.4 Å². The van der Waals surface area contributed by atoms with Crippen LogP contribution < -0.4 is 0 Å². The molecule has 6 nitrogen and oxygen atoms in total. The second kappa shape index (κ2) is 30.6. The molecule has 0 spiro atoms. The monoisotopic (exact) mass is 785 g/mol. The third-order valence-electron chi connectivity index (χ3n) is 6.98. The molecule has 0 aliphatic rings. The minimum atomic E-state index is -2.54. The summed E-state index contributed by atoms with van der Waals surface area (Å²) in [6, 6.07) is 0. The fourth-order valence-corrected chi connectivity index (χ4v) is 29.4. The average molecular weight is 785 g/mol. The van der Waals surface area contributed by atoms with Crippen molar-refractivity contribution in [2.75, 3.05) is 31.3 Å². The molecule has 0 aromatic carbocycles. The average Bonchev–Trinajstić information content (AvgIpc) is 2.96. The van der Waals surface area contributed by atoms with Crippen LogP contribution in [0.15, 0.2) is 0 Å². The zero-order valence-corrected chi connectivity index (χ0v) is 34.4. The fourth-order valence-electron chi connectivity index (χ4n) is 4.29. The number of hydrogen-bond acceptors (Lipinski definition) is 9. The van der Waals surface area contributed by atoms with Gasteiger partial charge in [0.05, 0.1) is 0 Å². The molecule has 0 aliphatic carbocycles. The second-order valence-electron chi connectivity index (χ2n) is 12.9. The fraction of sp³-hybridized carbons (Fsp3) is 0.912. The van der Waals surface area contributed by atoms with Gasteiger partial charge in [0, 0.05) is 0 Å². The summed E-state index contributed by atoms with van der Waals surface area (Å²) in [7, 11) is 4.96. The molecule has 259 valence electrons. The number of esters is 3. The first-order chi connectivity index (χ1) is 21.0. The molecule has 1 atom stereocenters. The third-order valence-corrected chi connectivity index (χ3v) is 33.1. The predicted octanol–water partition coefficient (Wildman–Crippen LogP) is 10.0. The molecule has 0 rings (SSSR count). The van der Waals surface area contributed by atoms with Crippen molar-refractivity contribution < 1.29 is 28.6 Å². The molecule has 0 aromatic rings. The van der Waals surface area contributed by atoms with Crippen LogP contribution in [0.25, 0.3) is 0 Å². The van der Waals surface area contributed by atoms with E-state index in [1.807, 2.05) is 0 Å². The van der Waals surface area contributed by atoms with E-state index in [4.69, 9.17) is 14.2 Å². The molecular formula is C34H65O6S3Sn. The first-order valence-corrected chi connectivity index (χ1v) is 30.7. The van der Waals surface area contributed by atoms with Crippen LogP contribution in [0.3, 0.4) is 0 Å². The van der Waals surface area contributed by atoms with Gasteiger partial charge in [-0.15, -0.1) is 0 Å². The Balaban J connectivity index is 4.93. The first-order valence-electron chi connectivity index (χ1n) is 17.3. The van der Waals surface area contributed by atoms with Gasteiger partial charge in [-0.25, -0.2) is 0 Å². The van der Waals surface area contributed by atoms with Crippen LogP contribution in [0.4, 0.5) is 0 Å². The number of unbranched alkanes of at least 4 members (excludes halogenated alkanes) is 7. The maximum absolute atomic E-state index is 13.1. The van der Waals surface area contributed by atoms with Crippen molar-refractivity contribution in [1.29, 1.82) is 0 Å². The summed E-state index contributed by atoms with van der Waals surface area (Å²) in [6.07, 6.45) is 15.7. The van der Waals surface area contributed by atoms with Crippen LogP contribution in [-0.2, 0) is 28.6 Å². The Morgan fingerprint density at radius 1 is 0.545 bits per heavy atom. The van der Waals surface area contributed by atoms with Crippen LogP contribution in [-0.4, -0.2) is 70.1 Å². The topological polar surface area (TPSA) is 78.9 Å². The van der Waals surface area contributed by atoms with E-state index in [0.717, 1.165) is 77.0 Å². The van der Waals surface area contributed by atoms with Crippen molar-refractivity contribution in [3.8, 4) is 0 Å². The summed E-state index contributed by atoms with van der Waals surface area (Å²) in [5.74, 6) is 2.12. The van der Waals surface area contributed by atoms with Gasteiger partial charge in [0.1, 0.15) is 0 Å². The van der Waals surface area contributed by atoms with Gasteiger partial charge in [-0.05, 0) is 0 Å². The van der Waals surface area contributed by atoms with E-state index in [1.165, 1.54) is 19.3 Å². The molecule has 0 saturated carbocycles. The van der Waals surface area contributed by atoms with Crippen LogP contribution in [0.1, 0.15) is 145 Å². The molecule has 1 radical (unpaired) electrons. The number of ether oxygens (including phenoxy) is 3. The number of carbonyl (C=O) groups excluding carboxylic acids is 3. The Labute approximate surface area is 286 Å². The summed E-state index contributed by atoms with van der Waals surface area (Å²) in [5.41, 5.74) is 0. The van der Waals surface area contributed by atoms with E-state index >= 15 is 0 Å². The summed E-state index contributed by atoms with van der Waals surface area (Å²) < 4.78 is 16.8. The maximum atomic E-state index is 13.1. The van der Waals surface area contributed by atoms with Crippen LogP contribution >= 0.6 is 26.8 Å². The molecule has 0 fully saturated rings. The molecule has 0 saturated heterocycles. The molecule has 0 amide bonds. The normalized spacial score (nSPS) is 12.3. The van der Waals surface area contributed by atoms with Crippen molar-refractivity contribution in [3.05, 3.63) is 0 Å². The van der Waals surface area contributed by atoms with E-state index in [9.17, 15) is 14.4 Å².